The molecule has 5 rings (SSSR count). The third-order valence-electron chi connectivity index (χ3n) is 5.06. The molecule has 5 atom stereocenters. The molecule has 5 N–H and O–H groups in total. The Kier molecular flexibility index (Phi) is 5.29. The summed E-state index contributed by atoms with van der Waals surface area (Å²) in [4.78, 5) is 46.5. The summed E-state index contributed by atoms with van der Waals surface area (Å²) in [6.45, 7) is -0.360. The van der Waals surface area contributed by atoms with Gasteiger partial charge in [0.1, 0.15) is 18.3 Å². The highest BCUT2D eigenvalue weighted by Gasteiger charge is 2.51. The van der Waals surface area contributed by atoms with E-state index in [-0.39, 0.29) is 34.4 Å². The molecular weight excluding hydrogens is 481 g/mol. The van der Waals surface area contributed by atoms with Gasteiger partial charge in [-0.1, -0.05) is 11.8 Å². The van der Waals surface area contributed by atoms with Crippen LogP contribution in [0.25, 0.3) is 11.2 Å². The molecule has 2 aliphatic heterocycles. The van der Waals surface area contributed by atoms with E-state index in [0.29, 0.717) is 4.90 Å². The van der Waals surface area contributed by atoms with Crippen molar-refractivity contribution in [1.82, 2.24) is 19.5 Å². The second-order valence-electron chi connectivity index (χ2n) is 7.19. The molecule has 0 spiro atoms. The molecule has 2 saturated heterocycles. The lowest BCUT2D eigenvalue weighted by Gasteiger charge is -2.34. The number of ether oxygens (including phenoxy) is 1. The lowest BCUT2D eigenvalue weighted by atomic mass is 10.1. The minimum absolute atomic E-state index is 0.00479. The molecule has 0 bridgehead atoms. The summed E-state index contributed by atoms with van der Waals surface area (Å²) in [5.41, 5.74) is 5.04. The number of rotatable bonds is 4. The van der Waals surface area contributed by atoms with Crippen molar-refractivity contribution in [3.05, 3.63) is 40.2 Å². The molecule has 33 heavy (non-hydrogen) atoms. The van der Waals surface area contributed by atoms with Crippen molar-refractivity contribution in [3.63, 3.8) is 0 Å². The number of hydrogen-bond acceptors (Lipinski definition) is 12. The number of aromatic nitrogens is 4. The van der Waals surface area contributed by atoms with Crippen molar-refractivity contribution in [2.75, 3.05) is 12.3 Å². The lowest BCUT2D eigenvalue weighted by molar-refractivity contribution is -0.245. The summed E-state index contributed by atoms with van der Waals surface area (Å²) in [5, 5.41) is 20.1. The van der Waals surface area contributed by atoms with E-state index in [2.05, 4.69) is 19.5 Å². The number of fused-ring (bicyclic) bond motifs is 2. The quantitative estimate of drug-likeness (QED) is 0.342. The van der Waals surface area contributed by atoms with Crippen molar-refractivity contribution in [2.45, 2.75) is 34.6 Å². The Morgan fingerprint density at radius 1 is 1.33 bits per heavy atom. The molecule has 0 aliphatic carbocycles. The fourth-order valence-corrected chi connectivity index (χ4v) is 5.45. The number of phosphoric acid groups is 1. The van der Waals surface area contributed by atoms with Crippen LogP contribution in [0.4, 0.5) is 5.95 Å². The fourth-order valence-electron chi connectivity index (χ4n) is 3.59. The number of nitrogen functional groups attached to an aromatic ring is 1. The highest BCUT2D eigenvalue weighted by atomic mass is 32.2. The molecule has 16 heteroatoms. The number of aliphatic hydroxyl groups excluding tert-OH is 1. The van der Waals surface area contributed by atoms with Crippen LogP contribution in [0.3, 0.4) is 0 Å². The number of imidazole rings is 1. The molecule has 14 nitrogen and oxygen atoms in total. The van der Waals surface area contributed by atoms with Gasteiger partial charge in [0.15, 0.2) is 22.5 Å². The number of carboxylic acids is 1. The van der Waals surface area contributed by atoms with Gasteiger partial charge in [-0.05, 0) is 24.3 Å². The van der Waals surface area contributed by atoms with Crippen LogP contribution < -0.4 is 16.2 Å². The van der Waals surface area contributed by atoms with Crippen LogP contribution in [0, 0.1) is 0 Å². The SMILES string of the molecule is Nc1nc2c(nc(Sc3ccc(C(=O)O)cc3)n2[C@@H]2OC3COP(=O)([O-])O[C@H]3C2O)c(=O)[nH]1. The first-order chi connectivity index (χ1) is 15.6. The number of nitrogens with two attached hydrogens (primary N) is 1. The summed E-state index contributed by atoms with van der Waals surface area (Å²) in [6.07, 6.45) is -4.86. The molecule has 0 amide bonds. The first kappa shape index (κ1) is 22.0. The van der Waals surface area contributed by atoms with Crippen molar-refractivity contribution in [2.24, 2.45) is 0 Å². The zero-order valence-electron chi connectivity index (χ0n) is 16.4. The average molecular weight is 496 g/mol. The van der Waals surface area contributed by atoms with E-state index in [0.717, 1.165) is 11.8 Å². The van der Waals surface area contributed by atoms with Crippen LogP contribution >= 0.6 is 19.6 Å². The topological polar surface area (TPSA) is 215 Å². The molecule has 2 aliphatic rings. The van der Waals surface area contributed by atoms with Gasteiger partial charge in [0.05, 0.1) is 12.2 Å². The number of aromatic carboxylic acids is 1. The number of anilines is 1. The van der Waals surface area contributed by atoms with Crippen LogP contribution in [0.15, 0.2) is 39.1 Å². The van der Waals surface area contributed by atoms with E-state index in [4.69, 9.17) is 20.1 Å². The first-order valence-electron chi connectivity index (χ1n) is 9.39. The Labute approximate surface area is 187 Å². The van der Waals surface area contributed by atoms with Gasteiger partial charge in [0.2, 0.25) is 5.95 Å². The number of nitrogens with zero attached hydrogens (tertiary/aromatic N) is 3. The zero-order valence-corrected chi connectivity index (χ0v) is 18.1. The Bertz CT molecular complexity index is 1360. The third-order valence-corrected chi connectivity index (χ3v) is 7.00. The van der Waals surface area contributed by atoms with Gasteiger partial charge in [-0.2, -0.15) is 4.98 Å². The second-order valence-corrected chi connectivity index (χ2v) is 9.59. The summed E-state index contributed by atoms with van der Waals surface area (Å²) in [6, 6.07) is 5.88. The van der Waals surface area contributed by atoms with Crippen LogP contribution in [0.1, 0.15) is 16.6 Å². The molecule has 2 fully saturated rings. The molecule has 2 aromatic heterocycles. The number of phosphoric ester groups is 1. The number of aromatic amines is 1. The van der Waals surface area contributed by atoms with Gasteiger partial charge in [-0.25, -0.2) is 9.78 Å². The predicted molar refractivity (Wildman–Crippen MR) is 108 cm³/mol. The van der Waals surface area contributed by atoms with Gasteiger partial charge < -0.3 is 34.6 Å². The van der Waals surface area contributed by atoms with Crippen molar-refractivity contribution >= 4 is 42.7 Å². The minimum atomic E-state index is -4.60. The molecule has 1 aromatic carbocycles. The largest absolute Gasteiger partial charge is 0.756 e. The third kappa shape index (κ3) is 3.93. The number of H-pyrrole nitrogens is 1. The summed E-state index contributed by atoms with van der Waals surface area (Å²) in [7, 11) is -4.60. The van der Waals surface area contributed by atoms with Crippen molar-refractivity contribution < 1.29 is 38.3 Å². The van der Waals surface area contributed by atoms with Crippen LogP contribution in [-0.2, 0) is 18.3 Å². The Morgan fingerprint density at radius 3 is 2.76 bits per heavy atom. The molecule has 3 unspecified atom stereocenters. The molecule has 0 saturated carbocycles. The molecule has 4 heterocycles. The average Bonchev–Trinajstić information content (AvgIpc) is 3.25. The summed E-state index contributed by atoms with van der Waals surface area (Å²) >= 11 is 1.04. The lowest BCUT2D eigenvalue weighted by Crippen LogP contribution is -2.41. The maximum Gasteiger partial charge on any atom is 0.335 e. The van der Waals surface area contributed by atoms with Crippen LogP contribution in [-0.4, -0.2) is 60.6 Å². The number of hydrogen-bond donors (Lipinski definition) is 4. The number of carboxylic acid groups (broad SMARTS) is 1. The Morgan fingerprint density at radius 2 is 2.06 bits per heavy atom. The maximum atomic E-state index is 12.4. The smallest absolute Gasteiger partial charge is 0.335 e. The zero-order chi connectivity index (χ0) is 23.5. The van der Waals surface area contributed by atoms with E-state index in [1.165, 1.54) is 16.7 Å². The van der Waals surface area contributed by atoms with Crippen LogP contribution in [0.2, 0.25) is 0 Å². The van der Waals surface area contributed by atoms with Gasteiger partial charge in [-0.15, -0.1) is 0 Å². The van der Waals surface area contributed by atoms with Gasteiger partial charge in [0, 0.05) is 4.90 Å². The number of nitrogens with one attached hydrogen (secondary N) is 1. The monoisotopic (exact) mass is 496 g/mol. The maximum absolute atomic E-state index is 12.4. The van der Waals surface area contributed by atoms with Gasteiger partial charge >= 0.3 is 5.97 Å². The molecular formula is C17H15N5O9PS-. The highest BCUT2D eigenvalue weighted by Crippen LogP contribution is 2.50. The van der Waals surface area contributed by atoms with Crippen molar-refractivity contribution in [1.29, 1.82) is 0 Å². The number of carbonyl (C=O) groups is 1. The highest BCUT2D eigenvalue weighted by molar-refractivity contribution is 7.99. The van der Waals surface area contributed by atoms with Gasteiger partial charge in [-0.3, -0.25) is 18.9 Å². The van der Waals surface area contributed by atoms with E-state index >= 15 is 0 Å². The van der Waals surface area contributed by atoms with E-state index in [1.54, 1.807) is 12.1 Å². The summed E-state index contributed by atoms with van der Waals surface area (Å²) in [5.74, 6) is -1.29. The fraction of sp³-hybridized carbons (Fsp3) is 0.294. The predicted octanol–water partition coefficient (Wildman–Crippen LogP) is -0.307. The van der Waals surface area contributed by atoms with E-state index < -0.39 is 43.9 Å². The standard InChI is InChI=1S/C17H16N5O9PS/c18-16-20-12-9(13(24)21-16)19-17(33-7-3-1-6(2-4-7)15(25)26)22(12)14-10(23)11-8(30-14)5-29-32(27,28)31-11/h1-4,8,10-11,14,23H,5H2,(H,25,26)(H,27,28)(H3,18,20,21,24)/p-1/t8?,10?,11-,14-/m1/s1. The van der Waals surface area contributed by atoms with E-state index in [1.807, 2.05) is 0 Å². The summed E-state index contributed by atoms with van der Waals surface area (Å²) < 4.78 is 28.4. The molecule has 0 radical (unpaired) electrons. The van der Waals surface area contributed by atoms with Crippen molar-refractivity contribution in [3.8, 4) is 0 Å². The number of aliphatic hydroxyl groups is 1. The molecule has 3 aromatic rings. The first-order valence-corrected chi connectivity index (χ1v) is 11.7. The normalized spacial score (nSPS) is 29.3. The second kappa shape index (κ2) is 7.92. The number of benzene rings is 1. The molecule has 174 valence electrons. The Balaban J connectivity index is 1.59. The van der Waals surface area contributed by atoms with Gasteiger partial charge in [0.25, 0.3) is 13.4 Å². The van der Waals surface area contributed by atoms with E-state index in [9.17, 15) is 24.2 Å². The minimum Gasteiger partial charge on any atom is -0.756 e. The van der Waals surface area contributed by atoms with Crippen LogP contribution in [0.5, 0.6) is 0 Å². The Hall–Kier alpha value is -2.78.